The molecule has 0 atom stereocenters. The normalized spacial score (nSPS) is 10.3. The van der Waals surface area contributed by atoms with Gasteiger partial charge in [0.1, 0.15) is 23.2 Å². The van der Waals surface area contributed by atoms with E-state index >= 15 is 0 Å². The Hall–Kier alpha value is -3.06. The van der Waals surface area contributed by atoms with Gasteiger partial charge in [-0.05, 0) is 17.7 Å². The lowest BCUT2D eigenvalue weighted by atomic mass is 9.96. The Balaban J connectivity index is 2.42. The van der Waals surface area contributed by atoms with E-state index in [1.807, 2.05) is 48.5 Å². The van der Waals surface area contributed by atoms with E-state index in [0.717, 1.165) is 16.5 Å². The molecule has 0 fully saturated rings. The molecule has 4 heteroatoms. The molecule has 0 unspecified atom stereocenters. The fourth-order valence-electron chi connectivity index (χ4n) is 2.41. The Morgan fingerprint density at radius 2 is 1.90 bits per heavy atom. The zero-order valence-electron chi connectivity index (χ0n) is 11.5. The Morgan fingerprint density at radius 3 is 2.57 bits per heavy atom. The summed E-state index contributed by atoms with van der Waals surface area (Å²) in [6.07, 6.45) is 0. The van der Waals surface area contributed by atoms with Crippen LogP contribution < -0.4 is 10.5 Å². The van der Waals surface area contributed by atoms with Crippen molar-refractivity contribution < 1.29 is 4.74 Å². The molecule has 0 amide bonds. The number of nitriles is 1. The summed E-state index contributed by atoms with van der Waals surface area (Å²) in [5.74, 6) is 0.940. The lowest BCUT2D eigenvalue weighted by molar-refractivity contribution is 0.415. The van der Waals surface area contributed by atoms with Crippen LogP contribution in [0.1, 0.15) is 5.56 Å². The van der Waals surface area contributed by atoms with Gasteiger partial charge in [-0.3, -0.25) is 0 Å². The van der Waals surface area contributed by atoms with Crippen molar-refractivity contribution in [2.45, 2.75) is 0 Å². The molecule has 0 spiro atoms. The number of hydrogen-bond acceptors (Lipinski definition) is 4. The molecule has 1 aromatic heterocycles. The van der Waals surface area contributed by atoms with E-state index in [4.69, 9.17) is 10.5 Å². The lowest BCUT2D eigenvalue weighted by Gasteiger charge is -2.11. The summed E-state index contributed by atoms with van der Waals surface area (Å²) in [6.45, 7) is 0. The van der Waals surface area contributed by atoms with Gasteiger partial charge in [-0.15, -0.1) is 0 Å². The van der Waals surface area contributed by atoms with Gasteiger partial charge in [-0.25, -0.2) is 4.98 Å². The van der Waals surface area contributed by atoms with Crippen LogP contribution in [0.4, 0.5) is 5.82 Å². The van der Waals surface area contributed by atoms with E-state index in [1.165, 1.54) is 0 Å². The highest BCUT2D eigenvalue weighted by Crippen LogP contribution is 2.34. The van der Waals surface area contributed by atoms with Crippen molar-refractivity contribution >= 4 is 16.7 Å². The van der Waals surface area contributed by atoms with Gasteiger partial charge in [-0.2, -0.15) is 5.26 Å². The summed E-state index contributed by atoms with van der Waals surface area (Å²) in [5.41, 5.74) is 8.82. The van der Waals surface area contributed by atoms with Crippen LogP contribution in [0.2, 0.25) is 0 Å². The third-order valence-electron chi connectivity index (χ3n) is 3.40. The van der Waals surface area contributed by atoms with Crippen molar-refractivity contribution in [2.24, 2.45) is 0 Å². The third kappa shape index (κ3) is 2.15. The molecule has 0 saturated heterocycles. The first-order chi connectivity index (χ1) is 10.2. The van der Waals surface area contributed by atoms with Gasteiger partial charge >= 0.3 is 0 Å². The van der Waals surface area contributed by atoms with E-state index in [2.05, 4.69) is 11.1 Å². The maximum absolute atomic E-state index is 9.43. The van der Waals surface area contributed by atoms with Crippen LogP contribution in [0.5, 0.6) is 5.75 Å². The van der Waals surface area contributed by atoms with Crippen molar-refractivity contribution in [3.05, 3.63) is 54.1 Å². The second kappa shape index (κ2) is 5.14. The maximum Gasteiger partial charge on any atom is 0.142 e. The van der Waals surface area contributed by atoms with Crippen LogP contribution in [0.15, 0.2) is 48.5 Å². The van der Waals surface area contributed by atoms with Crippen molar-refractivity contribution in [1.82, 2.24) is 4.98 Å². The molecule has 2 N–H and O–H groups in total. The number of nitrogens with two attached hydrogens (primary N) is 1. The molecule has 0 radical (unpaired) electrons. The number of methoxy groups -OCH3 is 1. The van der Waals surface area contributed by atoms with Crippen molar-refractivity contribution in [3.63, 3.8) is 0 Å². The first-order valence-electron chi connectivity index (χ1n) is 6.47. The minimum absolute atomic E-state index is 0.233. The fraction of sp³-hybridized carbons (Fsp3) is 0.0588. The highest BCUT2D eigenvalue weighted by atomic mass is 16.5. The average molecular weight is 275 g/mol. The Kier molecular flexibility index (Phi) is 3.17. The van der Waals surface area contributed by atoms with Crippen molar-refractivity contribution in [1.29, 1.82) is 5.26 Å². The van der Waals surface area contributed by atoms with Crippen LogP contribution >= 0.6 is 0 Å². The van der Waals surface area contributed by atoms with E-state index in [0.29, 0.717) is 16.8 Å². The van der Waals surface area contributed by atoms with Crippen LogP contribution in [0.25, 0.3) is 22.0 Å². The molecule has 0 aliphatic heterocycles. The lowest BCUT2D eigenvalue weighted by Crippen LogP contribution is -1.99. The summed E-state index contributed by atoms with van der Waals surface area (Å²) >= 11 is 0. The summed E-state index contributed by atoms with van der Waals surface area (Å²) in [6, 6.07) is 17.5. The average Bonchev–Trinajstić information content (AvgIpc) is 2.53. The molecular weight excluding hydrogens is 262 g/mol. The minimum atomic E-state index is 0.233. The van der Waals surface area contributed by atoms with Gasteiger partial charge in [-0.1, -0.05) is 30.3 Å². The minimum Gasteiger partial charge on any atom is -0.497 e. The second-order valence-electron chi connectivity index (χ2n) is 4.61. The van der Waals surface area contributed by atoms with Crippen LogP contribution in [-0.4, -0.2) is 12.1 Å². The number of hydrogen-bond donors (Lipinski definition) is 1. The predicted octanol–water partition coefficient (Wildman–Crippen LogP) is 3.36. The number of rotatable bonds is 2. The first-order valence-corrected chi connectivity index (χ1v) is 6.47. The number of ether oxygens (including phenoxy) is 1. The number of benzene rings is 2. The van der Waals surface area contributed by atoms with Crippen LogP contribution in [0.3, 0.4) is 0 Å². The van der Waals surface area contributed by atoms with E-state index in [-0.39, 0.29) is 5.82 Å². The summed E-state index contributed by atoms with van der Waals surface area (Å²) < 4.78 is 5.22. The molecule has 0 bridgehead atoms. The molecule has 2 aromatic carbocycles. The number of nitrogen functional groups attached to an aromatic ring is 1. The topological polar surface area (TPSA) is 71.9 Å². The third-order valence-corrected chi connectivity index (χ3v) is 3.40. The quantitative estimate of drug-likeness (QED) is 0.778. The van der Waals surface area contributed by atoms with E-state index in [9.17, 15) is 5.26 Å². The SMILES string of the molecule is COc1ccc2c(-c3ccccc3)c(C#N)c(N)nc2c1. The molecule has 3 rings (SSSR count). The van der Waals surface area contributed by atoms with Crippen LogP contribution in [-0.2, 0) is 0 Å². The molecule has 0 aliphatic rings. The largest absolute Gasteiger partial charge is 0.497 e. The Bertz CT molecular complexity index is 851. The van der Waals surface area contributed by atoms with Gasteiger partial charge in [0.2, 0.25) is 0 Å². The standard InChI is InChI=1S/C17H13N3O/c1-21-12-7-8-13-15(9-12)20-17(19)14(10-18)16(13)11-5-3-2-4-6-11/h2-9H,1H3,(H2,19,20). The Labute approximate surface area is 122 Å². The van der Waals surface area contributed by atoms with Crippen molar-refractivity contribution in [3.8, 4) is 22.9 Å². The number of nitrogens with zero attached hydrogens (tertiary/aromatic N) is 2. The Morgan fingerprint density at radius 1 is 1.14 bits per heavy atom. The van der Waals surface area contributed by atoms with Crippen molar-refractivity contribution in [2.75, 3.05) is 12.8 Å². The number of aromatic nitrogens is 1. The summed E-state index contributed by atoms with van der Waals surface area (Å²) in [4.78, 5) is 4.32. The van der Waals surface area contributed by atoms with E-state index in [1.54, 1.807) is 7.11 Å². The van der Waals surface area contributed by atoms with E-state index < -0.39 is 0 Å². The van der Waals surface area contributed by atoms with Gasteiger partial charge in [0.15, 0.2) is 0 Å². The van der Waals surface area contributed by atoms with Gasteiger partial charge in [0.05, 0.1) is 12.6 Å². The summed E-state index contributed by atoms with van der Waals surface area (Å²) in [7, 11) is 1.60. The molecule has 21 heavy (non-hydrogen) atoms. The number of fused-ring (bicyclic) bond motifs is 1. The molecule has 4 nitrogen and oxygen atoms in total. The monoisotopic (exact) mass is 275 g/mol. The highest BCUT2D eigenvalue weighted by molar-refractivity contribution is 6.00. The first kappa shape index (κ1) is 12.9. The predicted molar refractivity (Wildman–Crippen MR) is 82.9 cm³/mol. The molecule has 0 aliphatic carbocycles. The molecule has 1 heterocycles. The number of pyridine rings is 1. The van der Waals surface area contributed by atoms with Gasteiger partial charge in [0.25, 0.3) is 0 Å². The number of anilines is 1. The van der Waals surface area contributed by atoms with Gasteiger partial charge in [0, 0.05) is 17.0 Å². The van der Waals surface area contributed by atoms with Crippen LogP contribution in [0, 0.1) is 11.3 Å². The molecule has 102 valence electrons. The second-order valence-corrected chi connectivity index (χ2v) is 4.61. The molecular formula is C17H13N3O. The summed E-state index contributed by atoms with van der Waals surface area (Å²) in [5, 5.41) is 10.3. The maximum atomic E-state index is 9.43. The smallest absolute Gasteiger partial charge is 0.142 e. The van der Waals surface area contributed by atoms with Gasteiger partial charge < -0.3 is 10.5 Å². The molecule has 3 aromatic rings. The zero-order chi connectivity index (χ0) is 14.8. The molecule has 0 saturated carbocycles. The fourth-order valence-corrected chi connectivity index (χ4v) is 2.41. The highest BCUT2D eigenvalue weighted by Gasteiger charge is 2.15. The zero-order valence-corrected chi connectivity index (χ0v) is 11.5.